The Morgan fingerprint density at radius 3 is 2.29 bits per heavy atom. The number of carbonyl (C=O) groups is 2. The predicted molar refractivity (Wildman–Crippen MR) is 114 cm³/mol. The maximum atomic E-state index is 14.6. The van der Waals surface area contributed by atoms with Crippen molar-refractivity contribution in [1.29, 1.82) is 0 Å². The van der Waals surface area contributed by atoms with Gasteiger partial charge in [-0.15, -0.1) is 0 Å². The molecule has 158 valence electrons. The molecule has 1 aliphatic rings. The first-order valence-electron chi connectivity index (χ1n) is 9.12. The second-order valence-electron chi connectivity index (χ2n) is 6.87. The Morgan fingerprint density at radius 1 is 1.06 bits per heavy atom. The number of hydrogen-bond donors (Lipinski definition) is 2. The molecule has 2 N–H and O–H groups in total. The summed E-state index contributed by atoms with van der Waals surface area (Å²) in [6, 6.07) is 10.5. The minimum Gasteiger partial charge on any atom is -0.481 e. The van der Waals surface area contributed by atoms with E-state index < -0.39 is 30.1 Å². The fraction of sp³-hybridized carbons (Fsp3) is 0.0909. The van der Waals surface area contributed by atoms with Gasteiger partial charge in [0.2, 0.25) is 0 Å². The van der Waals surface area contributed by atoms with Crippen LogP contribution >= 0.6 is 23.2 Å². The molecule has 31 heavy (non-hydrogen) atoms. The maximum Gasteiger partial charge on any atom is 0.326 e. The summed E-state index contributed by atoms with van der Waals surface area (Å²) in [5, 5.41) is 12.3. The summed E-state index contributed by atoms with van der Waals surface area (Å²) in [5.74, 6) is -2.76. The number of carbonyl (C=O) groups excluding carboxylic acids is 1. The molecule has 0 saturated heterocycles. The Kier molecular flexibility index (Phi) is 5.56. The predicted octanol–water partition coefficient (Wildman–Crippen LogP) is 5.93. The van der Waals surface area contributed by atoms with Gasteiger partial charge in [-0.05, 0) is 47.5 Å². The van der Waals surface area contributed by atoms with E-state index in [1.54, 1.807) is 18.2 Å². The topological polar surface area (TPSA) is 69.6 Å². The molecule has 0 aliphatic carbocycles. The second kappa shape index (κ2) is 8.17. The Hall–Kier alpha value is -3.16. The first-order valence-corrected chi connectivity index (χ1v) is 9.87. The number of carboxylic acid groups (broad SMARTS) is 1. The maximum absolute atomic E-state index is 14.6. The van der Waals surface area contributed by atoms with E-state index in [-0.39, 0.29) is 44.7 Å². The Labute approximate surface area is 185 Å². The number of fused-ring (bicyclic) bond motifs is 1. The molecule has 1 heterocycles. The number of urea groups is 1. The quantitative estimate of drug-likeness (QED) is 0.504. The van der Waals surface area contributed by atoms with Crippen molar-refractivity contribution in [3.05, 3.63) is 81.3 Å². The van der Waals surface area contributed by atoms with Gasteiger partial charge < -0.3 is 10.4 Å². The van der Waals surface area contributed by atoms with Crippen molar-refractivity contribution in [2.24, 2.45) is 0 Å². The Bertz CT molecular complexity index is 1190. The molecule has 3 aromatic rings. The van der Waals surface area contributed by atoms with Crippen LogP contribution in [0.1, 0.15) is 11.1 Å². The first-order chi connectivity index (χ1) is 14.8. The number of para-hydroxylation sites is 1. The highest BCUT2D eigenvalue weighted by Gasteiger charge is 2.32. The average Bonchev–Trinajstić information content (AvgIpc) is 2.68. The molecule has 0 aromatic heterocycles. The van der Waals surface area contributed by atoms with Gasteiger partial charge in [-0.2, -0.15) is 0 Å². The molecular weight excluding hydrogens is 449 g/mol. The van der Waals surface area contributed by atoms with Crippen LogP contribution in [0.5, 0.6) is 0 Å². The Balaban J connectivity index is 2.04. The van der Waals surface area contributed by atoms with E-state index in [4.69, 9.17) is 23.2 Å². The van der Waals surface area contributed by atoms with Crippen LogP contribution < -0.4 is 10.2 Å². The average molecular weight is 463 g/mol. The van der Waals surface area contributed by atoms with E-state index in [1.807, 2.05) is 0 Å². The molecule has 5 nitrogen and oxygen atoms in total. The molecule has 1 aliphatic heterocycles. The summed E-state index contributed by atoms with van der Waals surface area (Å²) in [6.07, 6.45) is -0.415. The zero-order valence-electron chi connectivity index (χ0n) is 15.8. The van der Waals surface area contributed by atoms with E-state index in [9.17, 15) is 23.5 Å². The lowest BCUT2D eigenvalue weighted by Gasteiger charge is -2.33. The number of carboxylic acids is 1. The first kappa shape index (κ1) is 21.1. The third-order valence-electron chi connectivity index (χ3n) is 4.90. The van der Waals surface area contributed by atoms with Gasteiger partial charge >= 0.3 is 12.0 Å². The fourth-order valence-electron chi connectivity index (χ4n) is 3.63. The van der Waals surface area contributed by atoms with Crippen LogP contribution in [0.25, 0.3) is 11.1 Å². The van der Waals surface area contributed by atoms with E-state index in [0.717, 1.165) is 12.1 Å². The van der Waals surface area contributed by atoms with E-state index in [0.29, 0.717) is 5.56 Å². The van der Waals surface area contributed by atoms with Crippen molar-refractivity contribution in [1.82, 2.24) is 5.32 Å². The SMILES string of the molecule is O=C(O)Cc1cc(-c2c(F)cccc2F)c2c(c1)N(c1c(Cl)cccc1Cl)C(=O)NC2. The lowest BCUT2D eigenvalue weighted by atomic mass is 9.92. The molecule has 0 fully saturated rings. The number of anilines is 2. The number of amides is 2. The zero-order chi connectivity index (χ0) is 22.3. The molecular formula is C22H14Cl2F2N2O3. The number of aliphatic carboxylic acids is 1. The van der Waals surface area contributed by atoms with Crippen molar-refractivity contribution in [2.45, 2.75) is 13.0 Å². The second-order valence-corrected chi connectivity index (χ2v) is 7.69. The minimum atomic E-state index is -1.14. The third-order valence-corrected chi connectivity index (χ3v) is 5.51. The highest BCUT2D eigenvalue weighted by atomic mass is 35.5. The van der Waals surface area contributed by atoms with Gasteiger partial charge in [0.15, 0.2) is 0 Å². The molecule has 9 heteroatoms. The van der Waals surface area contributed by atoms with Gasteiger partial charge in [0.05, 0.1) is 33.4 Å². The van der Waals surface area contributed by atoms with Crippen LogP contribution in [0.2, 0.25) is 10.0 Å². The molecule has 0 saturated carbocycles. The van der Waals surface area contributed by atoms with Crippen LogP contribution in [-0.4, -0.2) is 17.1 Å². The van der Waals surface area contributed by atoms with Gasteiger partial charge in [0.25, 0.3) is 0 Å². The lowest BCUT2D eigenvalue weighted by Crippen LogP contribution is -2.41. The van der Waals surface area contributed by atoms with Gasteiger partial charge in [-0.3, -0.25) is 9.69 Å². The highest BCUT2D eigenvalue weighted by Crippen LogP contribution is 2.44. The highest BCUT2D eigenvalue weighted by molar-refractivity contribution is 6.40. The van der Waals surface area contributed by atoms with Crippen LogP contribution in [-0.2, 0) is 17.8 Å². The van der Waals surface area contributed by atoms with Crippen molar-refractivity contribution in [2.75, 3.05) is 4.90 Å². The van der Waals surface area contributed by atoms with Gasteiger partial charge in [0.1, 0.15) is 11.6 Å². The molecule has 0 radical (unpaired) electrons. The number of rotatable bonds is 4. The minimum absolute atomic E-state index is 0.0246. The van der Waals surface area contributed by atoms with Gasteiger partial charge in [-0.1, -0.05) is 35.3 Å². The number of benzene rings is 3. The van der Waals surface area contributed by atoms with Crippen LogP contribution in [0.3, 0.4) is 0 Å². The summed E-state index contributed by atoms with van der Waals surface area (Å²) < 4.78 is 29.3. The third kappa shape index (κ3) is 3.82. The van der Waals surface area contributed by atoms with Crippen molar-refractivity contribution < 1.29 is 23.5 Å². The number of nitrogens with zero attached hydrogens (tertiary/aromatic N) is 1. The zero-order valence-corrected chi connectivity index (χ0v) is 17.3. The molecule has 0 bridgehead atoms. The monoisotopic (exact) mass is 462 g/mol. The molecule has 3 aromatic carbocycles. The fourth-order valence-corrected chi connectivity index (χ4v) is 4.20. The number of nitrogens with one attached hydrogen (secondary N) is 1. The van der Waals surface area contributed by atoms with Crippen molar-refractivity contribution in [3.8, 4) is 11.1 Å². The van der Waals surface area contributed by atoms with Crippen LogP contribution in [0.15, 0.2) is 48.5 Å². The molecule has 0 unspecified atom stereocenters. The number of hydrogen-bond acceptors (Lipinski definition) is 2. The van der Waals surface area contributed by atoms with Gasteiger partial charge in [-0.25, -0.2) is 13.6 Å². The van der Waals surface area contributed by atoms with E-state index in [2.05, 4.69) is 5.32 Å². The molecule has 4 rings (SSSR count). The smallest absolute Gasteiger partial charge is 0.326 e. The largest absolute Gasteiger partial charge is 0.481 e. The summed E-state index contributed by atoms with van der Waals surface area (Å²) in [6.45, 7) is -0.0246. The molecule has 0 spiro atoms. The van der Waals surface area contributed by atoms with Gasteiger partial charge in [0, 0.05) is 12.1 Å². The van der Waals surface area contributed by atoms with Crippen molar-refractivity contribution in [3.63, 3.8) is 0 Å². The summed E-state index contributed by atoms with van der Waals surface area (Å²) in [5.41, 5.74) is 0.900. The summed E-state index contributed by atoms with van der Waals surface area (Å²) >= 11 is 12.6. The van der Waals surface area contributed by atoms with Crippen LogP contribution in [0, 0.1) is 11.6 Å². The molecule has 0 atom stereocenters. The van der Waals surface area contributed by atoms with E-state index >= 15 is 0 Å². The summed E-state index contributed by atoms with van der Waals surface area (Å²) in [4.78, 5) is 25.4. The normalized spacial score (nSPS) is 13.0. The molecule has 2 amide bonds. The number of halogens is 4. The van der Waals surface area contributed by atoms with Crippen molar-refractivity contribution >= 4 is 46.6 Å². The standard InChI is InChI=1S/C22H14Cl2F2N2O3/c23-14-3-1-4-15(24)21(14)28-18-8-11(9-19(29)30)7-12(13(18)10-27-22(28)31)20-16(25)5-2-6-17(20)26/h1-8H,9-10H2,(H,27,31)(H,29,30). The van der Waals surface area contributed by atoms with Crippen LogP contribution in [0.4, 0.5) is 25.0 Å². The lowest BCUT2D eigenvalue weighted by molar-refractivity contribution is -0.136. The Morgan fingerprint density at radius 2 is 1.68 bits per heavy atom. The van der Waals surface area contributed by atoms with E-state index in [1.165, 1.54) is 23.1 Å². The summed E-state index contributed by atoms with van der Waals surface area (Å²) in [7, 11) is 0.